The second kappa shape index (κ2) is 5.10. The Hall–Kier alpha value is -1.73. The van der Waals surface area contributed by atoms with Crippen LogP contribution >= 0.6 is 27.7 Å². The Morgan fingerprint density at radius 2 is 2.16 bits per heavy atom. The third-order valence-corrected chi connectivity index (χ3v) is 4.08. The average molecular weight is 335 g/mol. The van der Waals surface area contributed by atoms with E-state index >= 15 is 0 Å². The summed E-state index contributed by atoms with van der Waals surface area (Å²) in [5.41, 5.74) is 2.00. The normalized spacial score (nSPS) is 10.8. The van der Waals surface area contributed by atoms with E-state index in [0.717, 1.165) is 26.2 Å². The first-order valence-electron chi connectivity index (χ1n) is 5.34. The maximum atomic E-state index is 11.1. The van der Waals surface area contributed by atoms with Gasteiger partial charge in [-0.2, -0.15) is 0 Å². The number of aromatic nitrogens is 4. The van der Waals surface area contributed by atoms with Crippen LogP contribution in [0.5, 0.6) is 0 Å². The summed E-state index contributed by atoms with van der Waals surface area (Å²) in [7, 11) is 0. The van der Waals surface area contributed by atoms with Crippen molar-refractivity contribution in [2.24, 2.45) is 0 Å². The van der Waals surface area contributed by atoms with Crippen LogP contribution in [-0.2, 0) is 0 Å². The summed E-state index contributed by atoms with van der Waals surface area (Å²) in [4.78, 5) is 27.3. The third kappa shape index (κ3) is 2.39. The zero-order chi connectivity index (χ0) is 13.2. The summed E-state index contributed by atoms with van der Waals surface area (Å²) in [6.07, 6.45) is 3.87. The summed E-state index contributed by atoms with van der Waals surface area (Å²) in [5.74, 6) is 0. The van der Waals surface area contributed by atoms with Gasteiger partial charge in [0.15, 0.2) is 11.9 Å². The van der Waals surface area contributed by atoms with E-state index in [9.17, 15) is 4.79 Å². The van der Waals surface area contributed by atoms with Gasteiger partial charge in [-0.25, -0.2) is 15.0 Å². The molecule has 3 rings (SSSR count). The van der Waals surface area contributed by atoms with Crippen molar-refractivity contribution in [3.05, 3.63) is 40.9 Å². The Kier molecular flexibility index (Phi) is 3.31. The van der Waals surface area contributed by atoms with Crippen LogP contribution in [0.3, 0.4) is 0 Å². The average Bonchev–Trinajstić information content (AvgIpc) is 2.90. The number of nitrogens with one attached hydrogen (secondary N) is 1. The maximum Gasteiger partial charge on any atom is 0.181 e. The van der Waals surface area contributed by atoms with Gasteiger partial charge < -0.3 is 4.98 Å². The number of benzene rings is 1. The molecule has 1 N–H and O–H groups in total. The van der Waals surface area contributed by atoms with Crippen molar-refractivity contribution in [2.75, 3.05) is 0 Å². The van der Waals surface area contributed by atoms with Gasteiger partial charge in [0.25, 0.3) is 0 Å². The molecule has 2 heterocycles. The number of nitrogens with zero attached hydrogens (tertiary/aromatic N) is 3. The van der Waals surface area contributed by atoms with Crippen LogP contribution in [0.15, 0.2) is 45.2 Å². The number of halogens is 1. The molecule has 0 aliphatic carbocycles. The standard InChI is InChI=1S/C12H7BrN4OS/c13-8-1-2-9(7(3-8)4-18)19-12-10-11(15-5-14-10)16-6-17-12/h1-6H,(H,14,15,16,17). The molecule has 0 atom stereocenters. The van der Waals surface area contributed by atoms with Gasteiger partial charge in [0.1, 0.15) is 16.9 Å². The van der Waals surface area contributed by atoms with Crippen molar-refractivity contribution >= 4 is 45.1 Å². The number of hydrogen-bond donors (Lipinski definition) is 1. The lowest BCUT2D eigenvalue weighted by molar-refractivity contribution is 0.112. The lowest BCUT2D eigenvalue weighted by atomic mass is 10.2. The summed E-state index contributed by atoms with van der Waals surface area (Å²) in [6, 6.07) is 5.55. The fraction of sp³-hybridized carbons (Fsp3) is 0. The summed E-state index contributed by atoms with van der Waals surface area (Å²) < 4.78 is 0.869. The number of fused-ring (bicyclic) bond motifs is 1. The minimum Gasteiger partial charge on any atom is -0.341 e. The van der Waals surface area contributed by atoms with Gasteiger partial charge in [-0.3, -0.25) is 4.79 Å². The zero-order valence-corrected chi connectivity index (χ0v) is 11.9. The van der Waals surface area contributed by atoms with Crippen LogP contribution in [0.25, 0.3) is 11.2 Å². The molecule has 0 fully saturated rings. The number of hydrogen-bond acceptors (Lipinski definition) is 5. The van der Waals surface area contributed by atoms with Gasteiger partial charge in [0.05, 0.1) is 6.33 Å². The molecule has 0 bridgehead atoms. The molecule has 0 unspecified atom stereocenters. The first-order chi connectivity index (χ1) is 9.28. The monoisotopic (exact) mass is 334 g/mol. The molecule has 0 aliphatic heterocycles. The van der Waals surface area contributed by atoms with E-state index in [1.807, 2.05) is 12.1 Å². The summed E-state index contributed by atoms with van der Waals surface area (Å²) in [5, 5.41) is 0.743. The largest absolute Gasteiger partial charge is 0.341 e. The molecule has 0 spiro atoms. The Morgan fingerprint density at radius 1 is 1.26 bits per heavy atom. The van der Waals surface area contributed by atoms with Gasteiger partial charge in [0.2, 0.25) is 0 Å². The van der Waals surface area contributed by atoms with Crippen LogP contribution in [0.2, 0.25) is 0 Å². The molecule has 0 saturated heterocycles. The summed E-state index contributed by atoms with van der Waals surface area (Å²) >= 11 is 4.75. The lowest BCUT2D eigenvalue weighted by Crippen LogP contribution is -1.89. The second-order valence-electron chi connectivity index (χ2n) is 3.68. The predicted molar refractivity (Wildman–Crippen MR) is 75.3 cm³/mol. The minimum absolute atomic E-state index is 0.613. The van der Waals surface area contributed by atoms with Crippen molar-refractivity contribution < 1.29 is 4.79 Å². The molecule has 5 nitrogen and oxygen atoms in total. The van der Waals surface area contributed by atoms with E-state index in [1.165, 1.54) is 18.1 Å². The highest BCUT2D eigenvalue weighted by Crippen LogP contribution is 2.32. The van der Waals surface area contributed by atoms with Crippen LogP contribution in [0.4, 0.5) is 0 Å². The lowest BCUT2D eigenvalue weighted by Gasteiger charge is -2.04. The molecule has 7 heteroatoms. The fourth-order valence-corrected chi connectivity index (χ4v) is 2.93. The minimum atomic E-state index is 0.613. The SMILES string of the molecule is O=Cc1cc(Br)ccc1Sc1ncnc2nc[nH]c12. The molecule has 0 aliphatic rings. The molecule has 94 valence electrons. The van der Waals surface area contributed by atoms with Crippen molar-refractivity contribution in [3.63, 3.8) is 0 Å². The van der Waals surface area contributed by atoms with Crippen molar-refractivity contribution in [2.45, 2.75) is 9.92 Å². The maximum absolute atomic E-state index is 11.1. The van der Waals surface area contributed by atoms with Crippen LogP contribution in [-0.4, -0.2) is 26.2 Å². The Bertz CT molecular complexity index is 758. The Labute approximate surface area is 121 Å². The molecule has 1 aromatic carbocycles. The van der Waals surface area contributed by atoms with Gasteiger partial charge >= 0.3 is 0 Å². The molecule has 0 amide bonds. The molecule has 3 aromatic rings. The number of aromatic amines is 1. The number of carbonyl (C=O) groups is 1. The van der Waals surface area contributed by atoms with Crippen LogP contribution in [0.1, 0.15) is 10.4 Å². The van der Waals surface area contributed by atoms with E-state index < -0.39 is 0 Å². The van der Waals surface area contributed by atoms with E-state index in [4.69, 9.17) is 0 Å². The molecule has 2 aromatic heterocycles. The van der Waals surface area contributed by atoms with E-state index in [0.29, 0.717) is 11.2 Å². The van der Waals surface area contributed by atoms with E-state index in [1.54, 1.807) is 12.4 Å². The fourth-order valence-electron chi connectivity index (χ4n) is 1.63. The molecule has 19 heavy (non-hydrogen) atoms. The van der Waals surface area contributed by atoms with Gasteiger partial charge in [-0.05, 0) is 18.2 Å². The van der Waals surface area contributed by atoms with E-state index in [2.05, 4.69) is 35.9 Å². The van der Waals surface area contributed by atoms with Crippen molar-refractivity contribution in [1.29, 1.82) is 0 Å². The smallest absolute Gasteiger partial charge is 0.181 e. The molecular weight excluding hydrogens is 328 g/mol. The second-order valence-corrected chi connectivity index (χ2v) is 5.63. The number of rotatable bonds is 3. The van der Waals surface area contributed by atoms with Gasteiger partial charge in [-0.15, -0.1) is 0 Å². The van der Waals surface area contributed by atoms with Crippen LogP contribution in [0, 0.1) is 0 Å². The molecule has 0 radical (unpaired) electrons. The first kappa shape index (κ1) is 12.3. The molecular formula is C12H7BrN4OS. The van der Waals surface area contributed by atoms with Crippen molar-refractivity contribution in [3.8, 4) is 0 Å². The summed E-state index contributed by atoms with van der Waals surface area (Å²) in [6.45, 7) is 0. The first-order valence-corrected chi connectivity index (χ1v) is 6.95. The van der Waals surface area contributed by atoms with E-state index in [-0.39, 0.29) is 0 Å². The molecule has 0 saturated carbocycles. The Morgan fingerprint density at radius 3 is 3.00 bits per heavy atom. The number of imidazole rings is 1. The predicted octanol–water partition coefficient (Wildman–Crippen LogP) is 3.08. The zero-order valence-electron chi connectivity index (χ0n) is 9.50. The topological polar surface area (TPSA) is 71.5 Å². The number of aldehydes is 1. The third-order valence-electron chi connectivity index (χ3n) is 2.49. The van der Waals surface area contributed by atoms with Crippen molar-refractivity contribution in [1.82, 2.24) is 19.9 Å². The van der Waals surface area contributed by atoms with Crippen LogP contribution < -0.4 is 0 Å². The van der Waals surface area contributed by atoms with Gasteiger partial charge in [-0.1, -0.05) is 27.7 Å². The Balaban J connectivity index is 2.06. The highest BCUT2D eigenvalue weighted by atomic mass is 79.9. The number of carbonyl (C=O) groups excluding carboxylic acids is 1. The highest BCUT2D eigenvalue weighted by Gasteiger charge is 2.10. The highest BCUT2D eigenvalue weighted by molar-refractivity contribution is 9.10. The van der Waals surface area contributed by atoms with Gasteiger partial charge in [0, 0.05) is 14.9 Å². The quantitative estimate of drug-likeness (QED) is 0.588. The number of H-pyrrole nitrogens is 1.